The summed E-state index contributed by atoms with van der Waals surface area (Å²) in [6.45, 7) is 4.17. The van der Waals surface area contributed by atoms with E-state index in [4.69, 9.17) is 4.74 Å². The Morgan fingerprint density at radius 2 is 2.14 bits per heavy atom. The minimum absolute atomic E-state index is 0.0878. The van der Waals surface area contributed by atoms with E-state index in [1.54, 1.807) is 30.0 Å². The molecule has 1 heterocycles. The summed E-state index contributed by atoms with van der Waals surface area (Å²) >= 11 is 0. The molecule has 1 saturated heterocycles. The van der Waals surface area contributed by atoms with Crippen LogP contribution < -0.4 is 5.32 Å². The summed E-state index contributed by atoms with van der Waals surface area (Å²) in [5, 5.41) is 2.67. The molecule has 1 atom stereocenters. The van der Waals surface area contributed by atoms with Gasteiger partial charge in [-0.2, -0.15) is 0 Å². The Balaban J connectivity index is 1.99. The molecule has 0 radical (unpaired) electrons. The Morgan fingerprint density at radius 3 is 2.81 bits per heavy atom. The normalized spacial score (nSPS) is 22.0. The highest BCUT2D eigenvalue weighted by atomic mass is 19.1. The molecule has 0 aromatic heterocycles. The van der Waals surface area contributed by atoms with Gasteiger partial charge in [0.2, 0.25) is 5.91 Å². The molecule has 1 N–H and O–H groups in total. The van der Waals surface area contributed by atoms with Gasteiger partial charge in [0.25, 0.3) is 5.91 Å². The van der Waals surface area contributed by atoms with Crippen molar-refractivity contribution < 1.29 is 18.7 Å². The average Bonchev–Trinajstić information content (AvgIpc) is 2.46. The number of nitrogens with zero attached hydrogens (tertiary/aromatic N) is 1. The van der Waals surface area contributed by atoms with Gasteiger partial charge < -0.3 is 15.0 Å². The number of benzene rings is 1. The Bertz CT molecular complexity index is 549. The van der Waals surface area contributed by atoms with E-state index < -0.39 is 5.60 Å². The Morgan fingerprint density at radius 1 is 1.43 bits per heavy atom. The fraction of sp³-hybridized carbons (Fsp3) is 0.467. The molecule has 1 aromatic rings. The van der Waals surface area contributed by atoms with Crippen LogP contribution in [0.3, 0.4) is 0 Å². The number of rotatable bonds is 3. The topological polar surface area (TPSA) is 58.6 Å². The standard InChI is InChI=1S/C15H19FN2O3/c1-11(19)18-7-8-21-15(2,10-18)14(20)17-9-12-5-3-4-6-13(12)16/h3-6H,7-10H2,1-2H3,(H,17,20)/t15-/m0/s1. The van der Waals surface area contributed by atoms with Crippen LogP contribution in [0.15, 0.2) is 24.3 Å². The molecule has 2 rings (SSSR count). The zero-order chi connectivity index (χ0) is 15.5. The first-order valence-corrected chi connectivity index (χ1v) is 6.83. The molecular formula is C15H19FN2O3. The fourth-order valence-corrected chi connectivity index (χ4v) is 2.28. The Labute approximate surface area is 123 Å². The van der Waals surface area contributed by atoms with E-state index in [0.717, 1.165) is 0 Å². The smallest absolute Gasteiger partial charge is 0.254 e. The molecular weight excluding hydrogens is 275 g/mol. The zero-order valence-electron chi connectivity index (χ0n) is 12.2. The van der Waals surface area contributed by atoms with Gasteiger partial charge in [-0.25, -0.2) is 4.39 Å². The van der Waals surface area contributed by atoms with E-state index >= 15 is 0 Å². The van der Waals surface area contributed by atoms with Crippen molar-refractivity contribution in [1.29, 1.82) is 0 Å². The molecule has 6 heteroatoms. The summed E-state index contributed by atoms with van der Waals surface area (Å²) in [5.74, 6) is -0.805. The molecule has 114 valence electrons. The molecule has 1 aliphatic heterocycles. The van der Waals surface area contributed by atoms with E-state index in [0.29, 0.717) is 18.7 Å². The van der Waals surface area contributed by atoms with Crippen molar-refractivity contribution >= 4 is 11.8 Å². The molecule has 2 amide bonds. The maximum atomic E-state index is 13.5. The molecule has 1 fully saturated rings. The minimum atomic E-state index is -1.10. The van der Waals surface area contributed by atoms with E-state index in [2.05, 4.69) is 5.32 Å². The van der Waals surface area contributed by atoms with Crippen molar-refractivity contribution in [2.75, 3.05) is 19.7 Å². The van der Waals surface area contributed by atoms with Gasteiger partial charge in [0, 0.05) is 25.6 Å². The van der Waals surface area contributed by atoms with Crippen molar-refractivity contribution in [3.05, 3.63) is 35.6 Å². The maximum absolute atomic E-state index is 13.5. The predicted octanol–water partition coefficient (Wildman–Crippen LogP) is 1.08. The Kier molecular flexibility index (Phi) is 4.57. The number of amides is 2. The second-order valence-electron chi connectivity index (χ2n) is 5.29. The zero-order valence-corrected chi connectivity index (χ0v) is 12.2. The summed E-state index contributed by atoms with van der Waals surface area (Å²) in [4.78, 5) is 25.3. The van der Waals surface area contributed by atoms with Crippen molar-refractivity contribution in [1.82, 2.24) is 10.2 Å². The van der Waals surface area contributed by atoms with E-state index in [-0.39, 0.29) is 30.7 Å². The van der Waals surface area contributed by atoms with Gasteiger partial charge in [0.15, 0.2) is 5.60 Å². The second kappa shape index (κ2) is 6.22. The lowest BCUT2D eigenvalue weighted by molar-refractivity contribution is -0.162. The summed E-state index contributed by atoms with van der Waals surface area (Å²) in [6, 6.07) is 6.26. The largest absolute Gasteiger partial charge is 0.362 e. The average molecular weight is 294 g/mol. The molecule has 0 aliphatic carbocycles. The van der Waals surface area contributed by atoms with Gasteiger partial charge in [-0.1, -0.05) is 18.2 Å². The summed E-state index contributed by atoms with van der Waals surface area (Å²) in [6.07, 6.45) is 0. The van der Waals surface area contributed by atoms with E-state index in [9.17, 15) is 14.0 Å². The second-order valence-corrected chi connectivity index (χ2v) is 5.29. The monoisotopic (exact) mass is 294 g/mol. The van der Waals surface area contributed by atoms with Gasteiger partial charge in [0.1, 0.15) is 5.82 Å². The molecule has 5 nitrogen and oxygen atoms in total. The number of carbonyl (C=O) groups excluding carboxylic acids is 2. The number of ether oxygens (including phenoxy) is 1. The summed E-state index contributed by atoms with van der Waals surface area (Å²) in [5.41, 5.74) is -0.691. The molecule has 21 heavy (non-hydrogen) atoms. The number of carbonyl (C=O) groups is 2. The van der Waals surface area contributed by atoms with Gasteiger partial charge in [0.05, 0.1) is 13.2 Å². The lowest BCUT2D eigenvalue weighted by Gasteiger charge is -2.38. The van der Waals surface area contributed by atoms with Crippen molar-refractivity contribution in [3.8, 4) is 0 Å². The van der Waals surface area contributed by atoms with Crippen LogP contribution in [-0.4, -0.2) is 42.0 Å². The highest BCUT2D eigenvalue weighted by Gasteiger charge is 2.39. The number of nitrogens with one attached hydrogen (secondary N) is 1. The summed E-state index contributed by atoms with van der Waals surface area (Å²) in [7, 11) is 0. The molecule has 1 aromatic carbocycles. The maximum Gasteiger partial charge on any atom is 0.254 e. The SMILES string of the molecule is CC(=O)N1CCO[C@](C)(C(=O)NCc2ccccc2F)C1. The van der Waals surface area contributed by atoms with Crippen LogP contribution in [0.2, 0.25) is 0 Å². The Hall–Kier alpha value is -1.95. The molecule has 0 unspecified atom stereocenters. The predicted molar refractivity (Wildman–Crippen MR) is 74.9 cm³/mol. The molecule has 0 saturated carbocycles. The fourth-order valence-electron chi connectivity index (χ4n) is 2.28. The third-order valence-corrected chi connectivity index (χ3v) is 3.60. The van der Waals surface area contributed by atoms with Crippen LogP contribution in [0.25, 0.3) is 0 Å². The van der Waals surface area contributed by atoms with Crippen LogP contribution in [0, 0.1) is 5.82 Å². The van der Waals surface area contributed by atoms with E-state index in [1.165, 1.54) is 13.0 Å². The lowest BCUT2D eigenvalue weighted by atomic mass is 10.0. The van der Waals surface area contributed by atoms with Crippen LogP contribution in [-0.2, 0) is 20.9 Å². The van der Waals surface area contributed by atoms with Crippen molar-refractivity contribution in [2.45, 2.75) is 26.0 Å². The third kappa shape index (κ3) is 3.58. The van der Waals surface area contributed by atoms with Crippen molar-refractivity contribution in [2.24, 2.45) is 0 Å². The highest BCUT2D eigenvalue weighted by Crippen LogP contribution is 2.18. The van der Waals surface area contributed by atoms with Crippen LogP contribution in [0.4, 0.5) is 4.39 Å². The van der Waals surface area contributed by atoms with Gasteiger partial charge in [-0.05, 0) is 13.0 Å². The first-order chi connectivity index (χ1) is 9.92. The van der Waals surface area contributed by atoms with Crippen molar-refractivity contribution in [3.63, 3.8) is 0 Å². The number of hydrogen-bond donors (Lipinski definition) is 1. The highest BCUT2D eigenvalue weighted by molar-refractivity contribution is 5.86. The number of halogens is 1. The van der Waals surface area contributed by atoms with Gasteiger partial charge in [-0.3, -0.25) is 9.59 Å². The minimum Gasteiger partial charge on any atom is -0.362 e. The van der Waals surface area contributed by atoms with Gasteiger partial charge in [-0.15, -0.1) is 0 Å². The lowest BCUT2D eigenvalue weighted by Crippen LogP contribution is -2.58. The quantitative estimate of drug-likeness (QED) is 0.907. The molecule has 1 aliphatic rings. The first-order valence-electron chi connectivity index (χ1n) is 6.83. The first kappa shape index (κ1) is 15.4. The van der Waals surface area contributed by atoms with E-state index in [1.807, 2.05) is 0 Å². The molecule has 0 spiro atoms. The number of morpholine rings is 1. The van der Waals surface area contributed by atoms with Gasteiger partial charge >= 0.3 is 0 Å². The summed E-state index contributed by atoms with van der Waals surface area (Å²) < 4.78 is 19.0. The number of hydrogen-bond acceptors (Lipinski definition) is 3. The van der Waals surface area contributed by atoms with Crippen LogP contribution in [0.5, 0.6) is 0 Å². The van der Waals surface area contributed by atoms with Crippen LogP contribution in [0.1, 0.15) is 19.4 Å². The van der Waals surface area contributed by atoms with Crippen LogP contribution >= 0.6 is 0 Å². The molecule has 0 bridgehead atoms. The third-order valence-electron chi connectivity index (χ3n) is 3.60.